The van der Waals surface area contributed by atoms with Crippen molar-refractivity contribution in [3.8, 4) is 0 Å². The van der Waals surface area contributed by atoms with Gasteiger partial charge in [0.05, 0.1) is 12.6 Å². The highest BCUT2D eigenvalue weighted by atomic mass is 32.2. The predicted octanol–water partition coefficient (Wildman–Crippen LogP) is 0.278. The fourth-order valence-electron chi connectivity index (χ4n) is 1.72. The summed E-state index contributed by atoms with van der Waals surface area (Å²) in [5, 5.41) is 0. The van der Waals surface area contributed by atoms with Gasteiger partial charge in [0.2, 0.25) is 5.96 Å². The van der Waals surface area contributed by atoms with Crippen molar-refractivity contribution in [1.82, 2.24) is 10.3 Å². The predicted molar refractivity (Wildman–Crippen MR) is 69.6 cm³/mol. The van der Waals surface area contributed by atoms with Gasteiger partial charge in [-0.15, -0.1) is 0 Å². The van der Waals surface area contributed by atoms with Crippen LogP contribution in [0.3, 0.4) is 0 Å². The zero-order chi connectivity index (χ0) is 12.0. The molecule has 2 atom stereocenters. The van der Waals surface area contributed by atoms with E-state index in [2.05, 4.69) is 15.3 Å². The molecule has 5 nitrogen and oxygen atoms in total. The van der Waals surface area contributed by atoms with Crippen LogP contribution in [0, 0.1) is 0 Å². The Balaban J connectivity index is 2.57. The molecule has 94 valence electrons. The van der Waals surface area contributed by atoms with Gasteiger partial charge in [0.25, 0.3) is 0 Å². The van der Waals surface area contributed by atoms with Gasteiger partial charge in [-0.05, 0) is 19.1 Å². The third-order valence-electron chi connectivity index (χ3n) is 2.67. The standard InChI is InChI=1S/C10H22N4OS/c1-8(6-15-3)12-10(13-11)14(2)9-4-5-16-7-9/h8-9H,4-7,11H2,1-3H3,(H,12,13). The van der Waals surface area contributed by atoms with E-state index in [1.54, 1.807) is 7.11 Å². The minimum Gasteiger partial charge on any atom is -0.382 e. The minimum atomic E-state index is 0.118. The lowest BCUT2D eigenvalue weighted by molar-refractivity contribution is 0.185. The van der Waals surface area contributed by atoms with Crippen LogP contribution >= 0.6 is 11.8 Å². The molecule has 6 heteroatoms. The maximum absolute atomic E-state index is 5.52. The maximum atomic E-state index is 5.52. The summed E-state index contributed by atoms with van der Waals surface area (Å²) in [6, 6.07) is 0.655. The van der Waals surface area contributed by atoms with Crippen molar-refractivity contribution in [2.45, 2.75) is 25.4 Å². The van der Waals surface area contributed by atoms with Gasteiger partial charge in [-0.25, -0.2) is 10.8 Å². The Labute approximate surface area is 102 Å². The van der Waals surface area contributed by atoms with Crippen LogP contribution in [0.25, 0.3) is 0 Å². The largest absolute Gasteiger partial charge is 0.382 e. The number of hydrazine groups is 1. The van der Waals surface area contributed by atoms with Crippen molar-refractivity contribution in [3.63, 3.8) is 0 Å². The lowest BCUT2D eigenvalue weighted by Gasteiger charge is -2.27. The molecule has 0 aromatic carbocycles. The third-order valence-corrected chi connectivity index (χ3v) is 3.81. The molecule has 1 rings (SSSR count). The smallest absolute Gasteiger partial charge is 0.208 e. The van der Waals surface area contributed by atoms with E-state index in [1.165, 1.54) is 12.2 Å². The molecule has 0 aliphatic carbocycles. The summed E-state index contributed by atoms with van der Waals surface area (Å²) in [5.74, 6) is 8.63. The Morgan fingerprint density at radius 1 is 1.75 bits per heavy atom. The van der Waals surface area contributed by atoms with Gasteiger partial charge in [0.1, 0.15) is 0 Å². The Morgan fingerprint density at radius 3 is 3.00 bits per heavy atom. The van der Waals surface area contributed by atoms with E-state index in [1.807, 2.05) is 25.7 Å². The Bertz CT molecular complexity index is 231. The molecule has 0 amide bonds. The second-order valence-electron chi connectivity index (χ2n) is 4.03. The molecule has 0 aromatic rings. The summed E-state index contributed by atoms with van der Waals surface area (Å²) in [5.41, 5.74) is 2.68. The van der Waals surface area contributed by atoms with Crippen LogP contribution in [-0.4, -0.2) is 55.2 Å². The van der Waals surface area contributed by atoms with Crippen LogP contribution in [0.4, 0.5) is 0 Å². The quantitative estimate of drug-likeness (QED) is 0.323. The van der Waals surface area contributed by atoms with Crippen molar-refractivity contribution in [2.24, 2.45) is 10.8 Å². The van der Waals surface area contributed by atoms with Crippen LogP contribution in [0.15, 0.2) is 4.99 Å². The topological polar surface area (TPSA) is 62.9 Å². The average molecular weight is 246 g/mol. The number of hydrogen-bond donors (Lipinski definition) is 2. The van der Waals surface area contributed by atoms with E-state index < -0.39 is 0 Å². The van der Waals surface area contributed by atoms with Crippen molar-refractivity contribution in [2.75, 3.05) is 32.3 Å². The van der Waals surface area contributed by atoms with Crippen molar-refractivity contribution in [3.05, 3.63) is 0 Å². The van der Waals surface area contributed by atoms with Gasteiger partial charge in [-0.2, -0.15) is 11.8 Å². The molecule has 1 saturated heterocycles. The highest BCUT2D eigenvalue weighted by molar-refractivity contribution is 7.99. The Kier molecular flexibility index (Phi) is 5.94. The Hall–Kier alpha value is -0.460. The fraction of sp³-hybridized carbons (Fsp3) is 0.900. The van der Waals surface area contributed by atoms with E-state index in [4.69, 9.17) is 10.6 Å². The first kappa shape index (κ1) is 13.6. The molecule has 0 spiro atoms. The fourth-order valence-corrected chi connectivity index (χ4v) is 2.99. The van der Waals surface area contributed by atoms with E-state index in [-0.39, 0.29) is 6.04 Å². The van der Waals surface area contributed by atoms with Gasteiger partial charge in [0.15, 0.2) is 0 Å². The zero-order valence-electron chi connectivity index (χ0n) is 10.3. The SMILES string of the molecule is COCC(C)N=C(NN)N(C)C1CCSC1. The van der Waals surface area contributed by atoms with Crippen molar-refractivity contribution >= 4 is 17.7 Å². The minimum absolute atomic E-state index is 0.118. The summed E-state index contributed by atoms with van der Waals surface area (Å²) in [6.45, 7) is 2.62. The molecule has 2 unspecified atom stereocenters. The number of nitrogens with zero attached hydrogens (tertiary/aromatic N) is 2. The summed E-state index contributed by atoms with van der Waals surface area (Å²) in [7, 11) is 3.72. The first-order valence-corrected chi connectivity index (χ1v) is 6.68. The summed E-state index contributed by atoms with van der Waals surface area (Å²) in [4.78, 5) is 6.63. The number of guanidine groups is 1. The summed E-state index contributed by atoms with van der Waals surface area (Å²) in [6.07, 6.45) is 1.19. The molecule has 0 bridgehead atoms. The van der Waals surface area contributed by atoms with Crippen LogP contribution < -0.4 is 11.3 Å². The molecule has 3 N–H and O–H groups in total. The molecular weight excluding hydrogens is 224 g/mol. The van der Waals surface area contributed by atoms with Gasteiger partial charge >= 0.3 is 0 Å². The molecule has 0 saturated carbocycles. The van der Waals surface area contributed by atoms with Crippen LogP contribution in [-0.2, 0) is 4.74 Å². The van der Waals surface area contributed by atoms with Gasteiger partial charge in [-0.1, -0.05) is 0 Å². The Morgan fingerprint density at radius 2 is 2.50 bits per heavy atom. The van der Waals surface area contributed by atoms with E-state index in [9.17, 15) is 0 Å². The normalized spacial score (nSPS) is 23.2. The molecule has 1 heterocycles. The number of ether oxygens (including phenoxy) is 1. The highest BCUT2D eigenvalue weighted by Gasteiger charge is 2.22. The van der Waals surface area contributed by atoms with E-state index in [0.717, 1.165) is 11.7 Å². The first-order valence-electron chi connectivity index (χ1n) is 5.53. The third kappa shape index (κ3) is 3.84. The monoisotopic (exact) mass is 246 g/mol. The van der Waals surface area contributed by atoms with E-state index >= 15 is 0 Å². The number of aliphatic imine (C=N–C) groups is 1. The first-order chi connectivity index (χ1) is 7.69. The maximum Gasteiger partial charge on any atom is 0.208 e. The van der Waals surface area contributed by atoms with Gasteiger partial charge in [0, 0.05) is 26.0 Å². The molecule has 1 aliphatic rings. The zero-order valence-corrected chi connectivity index (χ0v) is 11.1. The molecule has 0 radical (unpaired) electrons. The lowest BCUT2D eigenvalue weighted by Crippen LogP contribution is -2.48. The molecule has 16 heavy (non-hydrogen) atoms. The van der Waals surface area contributed by atoms with Crippen molar-refractivity contribution < 1.29 is 4.74 Å². The molecule has 1 fully saturated rings. The van der Waals surface area contributed by atoms with Crippen molar-refractivity contribution in [1.29, 1.82) is 0 Å². The number of methoxy groups -OCH3 is 1. The number of rotatable bonds is 4. The number of thioether (sulfide) groups is 1. The summed E-state index contributed by atoms with van der Waals surface area (Å²) < 4.78 is 5.06. The second kappa shape index (κ2) is 6.98. The van der Waals surface area contributed by atoms with Crippen LogP contribution in [0.2, 0.25) is 0 Å². The molecular formula is C10H22N4OS. The number of nitrogens with one attached hydrogen (secondary N) is 1. The second-order valence-corrected chi connectivity index (χ2v) is 5.18. The van der Waals surface area contributed by atoms with Gasteiger partial charge in [-0.3, -0.25) is 5.43 Å². The molecule has 0 aromatic heterocycles. The van der Waals surface area contributed by atoms with Crippen LogP contribution in [0.1, 0.15) is 13.3 Å². The highest BCUT2D eigenvalue weighted by Crippen LogP contribution is 2.21. The van der Waals surface area contributed by atoms with Gasteiger partial charge < -0.3 is 9.64 Å². The van der Waals surface area contributed by atoms with Crippen LogP contribution in [0.5, 0.6) is 0 Å². The summed E-state index contributed by atoms with van der Waals surface area (Å²) >= 11 is 1.98. The average Bonchev–Trinajstić information content (AvgIpc) is 2.78. The lowest BCUT2D eigenvalue weighted by atomic mass is 10.2. The van der Waals surface area contributed by atoms with E-state index in [0.29, 0.717) is 12.6 Å². The molecule has 1 aliphatic heterocycles. The number of nitrogens with two attached hydrogens (primary N) is 1. The number of hydrogen-bond acceptors (Lipinski definition) is 4.